The highest BCUT2D eigenvalue weighted by Gasteiger charge is 2.22. The second kappa shape index (κ2) is 17.0. The molecule has 0 aromatic carbocycles. The maximum Gasteiger partial charge on any atom is 0.330 e. The molecule has 0 fully saturated rings. The molecule has 0 aliphatic heterocycles. The molecule has 0 heterocycles. The van der Waals surface area contributed by atoms with Crippen molar-refractivity contribution >= 4 is 7.60 Å². The van der Waals surface area contributed by atoms with Crippen LogP contribution in [-0.2, 0) is 13.6 Å². The van der Waals surface area contributed by atoms with E-state index >= 15 is 0 Å². The Morgan fingerprint density at radius 3 is 1.35 bits per heavy atom. The van der Waals surface area contributed by atoms with Crippen molar-refractivity contribution in [2.45, 2.75) is 104 Å². The molecular weight excluding hydrogens is 307 g/mol. The van der Waals surface area contributed by atoms with E-state index in [0.717, 1.165) is 19.3 Å². The standard InChI is InChI=1S/C19H41O3P/c1-4-7-9-11-13-15-17-21-23(20,19-6-3)22-18-16-14-12-10-8-5-2/h4-19H2,1-3H3. The molecule has 4 heteroatoms. The molecule has 0 aliphatic carbocycles. The number of hydrogen-bond donors (Lipinski definition) is 0. The van der Waals surface area contributed by atoms with E-state index in [1.54, 1.807) is 0 Å². The molecule has 0 saturated carbocycles. The van der Waals surface area contributed by atoms with Gasteiger partial charge in [-0.2, -0.15) is 0 Å². The number of hydrogen-bond acceptors (Lipinski definition) is 3. The molecule has 0 aliphatic rings. The van der Waals surface area contributed by atoms with Crippen LogP contribution in [0.15, 0.2) is 0 Å². The van der Waals surface area contributed by atoms with E-state index in [0.29, 0.717) is 19.4 Å². The zero-order chi connectivity index (χ0) is 17.2. The van der Waals surface area contributed by atoms with Crippen molar-refractivity contribution < 1.29 is 13.6 Å². The summed E-state index contributed by atoms with van der Waals surface area (Å²) in [6.45, 7) is 7.66. The molecule has 0 rings (SSSR count). The summed E-state index contributed by atoms with van der Waals surface area (Å²) in [6.07, 6.45) is 16.0. The van der Waals surface area contributed by atoms with Crippen molar-refractivity contribution in [3.8, 4) is 0 Å². The van der Waals surface area contributed by atoms with E-state index in [9.17, 15) is 4.57 Å². The summed E-state index contributed by atoms with van der Waals surface area (Å²) in [4.78, 5) is 0. The molecule has 0 saturated heterocycles. The first-order valence-electron chi connectivity index (χ1n) is 10.1. The van der Waals surface area contributed by atoms with Gasteiger partial charge in [-0.1, -0.05) is 85.0 Å². The molecule has 0 spiro atoms. The molecule has 0 N–H and O–H groups in total. The molecular formula is C19H41O3P. The Labute approximate surface area is 145 Å². The summed E-state index contributed by atoms with van der Waals surface area (Å²) < 4.78 is 23.9. The minimum Gasteiger partial charge on any atom is -0.309 e. The zero-order valence-electron chi connectivity index (χ0n) is 16.0. The molecule has 0 aromatic heterocycles. The van der Waals surface area contributed by atoms with Gasteiger partial charge in [0.05, 0.1) is 13.2 Å². The van der Waals surface area contributed by atoms with Crippen LogP contribution in [0.25, 0.3) is 0 Å². The fourth-order valence-corrected chi connectivity index (χ4v) is 4.31. The monoisotopic (exact) mass is 348 g/mol. The maximum atomic E-state index is 12.6. The van der Waals surface area contributed by atoms with Crippen LogP contribution in [0.5, 0.6) is 0 Å². The van der Waals surface area contributed by atoms with Gasteiger partial charge < -0.3 is 9.05 Å². The first-order valence-corrected chi connectivity index (χ1v) is 11.8. The van der Waals surface area contributed by atoms with Gasteiger partial charge in [0.25, 0.3) is 0 Å². The van der Waals surface area contributed by atoms with Crippen LogP contribution in [0.3, 0.4) is 0 Å². The summed E-state index contributed by atoms with van der Waals surface area (Å²) in [6, 6.07) is 0. The van der Waals surface area contributed by atoms with E-state index in [4.69, 9.17) is 9.05 Å². The smallest absolute Gasteiger partial charge is 0.309 e. The molecule has 0 aromatic rings. The third-order valence-electron chi connectivity index (χ3n) is 4.07. The quantitative estimate of drug-likeness (QED) is 0.192. The summed E-state index contributed by atoms with van der Waals surface area (Å²) in [5, 5.41) is 0. The summed E-state index contributed by atoms with van der Waals surface area (Å²) in [5.74, 6) is 0. The molecule has 0 unspecified atom stereocenters. The van der Waals surface area contributed by atoms with Gasteiger partial charge in [-0.3, -0.25) is 4.57 Å². The second-order valence-corrected chi connectivity index (χ2v) is 8.72. The Balaban J connectivity index is 3.72. The average molecular weight is 349 g/mol. The predicted octanol–water partition coefficient (Wildman–Crippen LogP) is 7.34. The lowest BCUT2D eigenvalue weighted by Gasteiger charge is -2.18. The van der Waals surface area contributed by atoms with Crippen molar-refractivity contribution in [1.29, 1.82) is 0 Å². The zero-order valence-corrected chi connectivity index (χ0v) is 16.9. The fourth-order valence-electron chi connectivity index (χ4n) is 2.61. The third-order valence-corrected chi connectivity index (χ3v) is 6.22. The fraction of sp³-hybridized carbons (Fsp3) is 1.00. The Bertz CT molecular complexity index is 260. The lowest BCUT2D eigenvalue weighted by Crippen LogP contribution is -2.03. The predicted molar refractivity (Wildman–Crippen MR) is 101 cm³/mol. The maximum absolute atomic E-state index is 12.6. The van der Waals surface area contributed by atoms with Crippen LogP contribution in [0.4, 0.5) is 0 Å². The summed E-state index contributed by atoms with van der Waals surface area (Å²) >= 11 is 0. The Hall–Kier alpha value is 0.150. The molecule has 3 nitrogen and oxygen atoms in total. The van der Waals surface area contributed by atoms with Crippen molar-refractivity contribution in [2.75, 3.05) is 19.4 Å². The molecule has 0 bridgehead atoms. The second-order valence-electron chi connectivity index (χ2n) is 6.54. The SMILES string of the molecule is CCCCCCCCOP(=O)(CCC)OCCCCCCCC. The van der Waals surface area contributed by atoms with Gasteiger partial charge in [-0.15, -0.1) is 0 Å². The Morgan fingerprint density at radius 2 is 0.957 bits per heavy atom. The highest BCUT2D eigenvalue weighted by atomic mass is 31.2. The van der Waals surface area contributed by atoms with E-state index in [-0.39, 0.29) is 0 Å². The van der Waals surface area contributed by atoms with E-state index in [1.165, 1.54) is 64.2 Å². The van der Waals surface area contributed by atoms with Gasteiger partial charge in [0.15, 0.2) is 0 Å². The molecule has 0 amide bonds. The van der Waals surface area contributed by atoms with Crippen molar-refractivity contribution in [3.63, 3.8) is 0 Å². The van der Waals surface area contributed by atoms with Crippen LogP contribution in [0, 0.1) is 0 Å². The number of rotatable bonds is 18. The van der Waals surface area contributed by atoms with Gasteiger partial charge in [0, 0.05) is 6.16 Å². The van der Waals surface area contributed by atoms with Crippen LogP contribution in [0.1, 0.15) is 104 Å². The van der Waals surface area contributed by atoms with Crippen LogP contribution in [0.2, 0.25) is 0 Å². The highest BCUT2D eigenvalue weighted by Crippen LogP contribution is 2.49. The van der Waals surface area contributed by atoms with E-state index < -0.39 is 7.60 Å². The first-order chi connectivity index (χ1) is 11.2. The topological polar surface area (TPSA) is 35.5 Å². The van der Waals surface area contributed by atoms with Gasteiger partial charge in [0.1, 0.15) is 0 Å². The van der Waals surface area contributed by atoms with Gasteiger partial charge >= 0.3 is 7.60 Å². The molecule has 0 atom stereocenters. The minimum absolute atomic E-state index is 0.554. The molecule has 23 heavy (non-hydrogen) atoms. The highest BCUT2D eigenvalue weighted by molar-refractivity contribution is 7.53. The Kier molecular flexibility index (Phi) is 17.1. The van der Waals surface area contributed by atoms with Gasteiger partial charge in [-0.05, 0) is 19.3 Å². The molecule has 140 valence electrons. The lowest BCUT2D eigenvalue weighted by molar-refractivity contribution is 0.197. The largest absolute Gasteiger partial charge is 0.330 e. The lowest BCUT2D eigenvalue weighted by atomic mass is 10.1. The van der Waals surface area contributed by atoms with E-state index in [2.05, 4.69) is 13.8 Å². The average Bonchev–Trinajstić information content (AvgIpc) is 2.53. The third kappa shape index (κ3) is 15.4. The van der Waals surface area contributed by atoms with Gasteiger partial charge in [0.2, 0.25) is 0 Å². The normalized spacial score (nSPS) is 12.0. The van der Waals surface area contributed by atoms with Crippen LogP contribution < -0.4 is 0 Å². The van der Waals surface area contributed by atoms with Gasteiger partial charge in [-0.25, -0.2) is 0 Å². The van der Waals surface area contributed by atoms with Crippen molar-refractivity contribution in [1.82, 2.24) is 0 Å². The summed E-state index contributed by atoms with van der Waals surface area (Å²) in [5.41, 5.74) is 0. The first kappa shape index (κ1) is 23.1. The van der Waals surface area contributed by atoms with Crippen molar-refractivity contribution in [2.24, 2.45) is 0 Å². The minimum atomic E-state index is -2.84. The number of unbranched alkanes of at least 4 members (excludes halogenated alkanes) is 10. The summed E-state index contributed by atoms with van der Waals surface area (Å²) in [7, 11) is -2.84. The van der Waals surface area contributed by atoms with Crippen LogP contribution >= 0.6 is 7.60 Å². The van der Waals surface area contributed by atoms with Crippen molar-refractivity contribution in [3.05, 3.63) is 0 Å². The van der Waals surface area contributed by atoms with Crippen LogP contribution in [-0.4, -0.2) is 19.4 Å². The Morgan fingerprint density at radius 1 is 0.565 bits per heavy atom. The molecule has 0 radical (unpaired) electrons. The van der Waals surface area contributed by atoms with E-state index in [1.807, 2.05) is 6.92 Å².